The van der Waals surface area contributed by atoms with Crippen LogP contribution in [0.2, 0.25) is 0 Å². The average molecular weight is 331 g/mol. The van der Waals surface area contributed by atoms with Gasteiger partial charge in [0, 0.05) is 12.1 Å². The number of fused-ring (bicyclic) bond motifs is 2. The minimum atomic E-state index is -3.55. The Morgan fingerprint density at radius 1 is 1.32 bits per heavy atom. The first-order chi connectivity index (χ1) is 10.3. The number of aliphatic carboxylic acids is 1. The van der Waals surface area contributed by atoms with Crippen LogP contribution in [-0.4, -0.2) is 54.7 Å². The van der Waals surface area contributed by atoms with Crippen molar-refractivity contribution in [2.45, 2.75) is 50.6 Å². The average Bonchev–Trinajstić information content (AvgIpc) is 2.91. The number of sulfonamides is 1. The Morgan fingerprint density at radius 2 is 2.00 bits per heavy atom. The number of nitrogens with zero attached hydrogens (tertiary/aromatic N) is 1. The van der Waals surface area contributed by atoms with E-state index in [0.717, 1.165) is 6.42 Å². The van der Waals surface area contributed by atoms with Gasteiger partial charge in [0.05, 0.1) is 25.2 Å². The molecule has 2 heterocycles. The molecule has 1 N–H and O–H groups in total. The van der Waals surface area contributed by atoms with Gasteiger partial charge in [0.1, 0.15) is 0 Å². The summed E-state index contributed by atoms with van der Waals surface area (Å²) in [5.74, 6) is -1.97. The minimum Gasteiger partial charge on any atom is -0.481 e. The third-order valence-corrected chi connectivity index (χ3v) is 7.49. The number of carboxylic acids is 1. The summed E-state index contributed by atoms with van der Waals surface area (Å²) in [6, 6.07) is -0.605. The lowest BCUT2D eigenvalue weighted by molar-refractivity contribution is -0.143. The van der Waals surface area contributed by atoms with Crippen molar-refractivity contribution in [2.24, 2.45) is 11.3 Å². The van der Waals surface area contributed by atoms with Gasteiger partial charge in [0.15, 0.2) is 0 Å². The zero-order chi connectivity index (χ0) is 16.1. The molecule has 2 bridgehead atoms. The summed E-state index contributed by atoms with van der Waals surface area (Å²) in [6.07, 6.45) is 3.28. The van der Waals surface area contributed by atoms with E-state index in [-0.39, 0.29) is 24.2 Å². The van der Waals surface area contributed by atoms with Crippen molar-refractivity contribution in [3.8, 4) is 0 Å². The lowest BCUT2D eigenvalue weighted by Gasteiger charge is -2.25. The van der Waals surface area contributed by atoms with E-state index in [1.165, 1.54) is 11.4 Å². The fourth-order valence-electron chi connectivity index (χ4n) is 4.03. The van der Waals surface area contributed by atoms with Crippen LogP contribution in [0.4, 0.5) is 0 Å². The van der Waals surface area contributed by atoms with Gasteiger partial charge in [-0.15, -0.1) is 0 Å². The van der Waals surface area contributed by atoms with Gasteiger partial charge in [-0.2, -0.15) is 4.31 Å². The van der Waals surface area contributed by atoms with Crippen molar-refractivity contribution in [3.05, 3.63) is 0 Å². The summed E-state index contributed by atoms with van der Waals surface area (Å²) in [5.41, 5.74) is -0.507. The molecule has 3 rings (SSSR count). The second-order valence-electron chi connectivity index (χ2n) is 6.82. The molecule has 0 aromatic carbocycles. The Kier molecular flexibility index (Phi) is 3.71. The van der Waals surface area contributed by atoms with Crippen LogP contribution in [0.3, 0.4) is 0 Å². The first kappa shape index (κ1) is 15.7. The maximum Gasteiger partial charge on any atom is 0.308 e. The van der Waals surface area contributed by atoms with Crippen molar-refractivity contribution in [1.29, 1.82) is 0 Å². The summed E-state index contributed by atoms with van der Waals surface area (Å²) in [6.45, 7) is 0. The highest BCUT2D eigenvalue weighted by Crippen LogP contribution is 2.52. The van der Waals surface area contributed by atoms with Gasteiger partial charge < -0.3 is 9.84 Å². The summed E-state index contributed by atoms with van der Waals surface area (Å²) in [4.78, 5) is 22.7. The Balaban J connectivity index is 1.74. The third kappa shape index (κ3) is 2.62. The van der Waals surface area contributed by atoms with Gasteiger partial charge in [-0.25, -0.2) is 8.42 Å². The molecule has 0 aromatic heterocycles. The number of hydrogen-bond donors (Lipinski definition) is 1. The van der Waals surface area contributed by atoms with Crippen molar-refractivity contribution in [1.82, 2.24) is 4.31 Å². The van der Waals surface area contributed by atoms with E-state index in [1.54, 1.807) is 0 Å². The molecule has 7 nitrogen and oxygen atoms in total. The summed E-state index contributed by atoms with van der Waals surface area (Å²) in [5, 5.41) is 9.23. The molecule has 124 valence electrons. The summed E-state index contributed by atoms with van der Waals surface area (Å²) in [7, 11) is -2.25. The molecule has 3 fully saturated rings. The quantitative estimate of drug-likeness (QED) is 0.715. The molecule has 0 amide bonds. The molecule has 3 aliphatic rings. The predicted octanol–water partition coefficient (Wildman–Crippen LogP) is 0.597. The van der Waals surface area contributed by atoms with E-state index in [4.69, 9.17) is 0 Å². The Labute approximate surface area is 129 Å². The van der Waals surface area contributed by atoms with Gasteiger partial charge in [0.2, 0.25) is 10.0 Å². The first-order valence-electron chi connectivity index (χ1n) is 7.59. The van der Waals surface area contributed by atoms with E-state index < -0.39 is 33.4 Å². The molecule has 2 aliphatic heterocycles. The number of carbonyl (C=O) groups excluding carboxylic acids is 1. The molecule has 22 heavy (non-hydrogen) atoms. The molecule has 1 aliphatic carbocycles. The Bertz CT molecular complexity index is 596. The van der Waals surface area contributed by atoms with E-state index in [0.29, 0.717) is 25.7 Å². The van der Waals surface area contributed by atoms with Gasteiger partial charge in [-0.1, -0.05) is 0 Å². The van der Waals surface area contributed by atoms with Crippen LogP contribution in [0.15, 0.2) is 0 Å². The number of ether oxygens (including phenoxy) is 1. The fourth-order valence-corrected chi connectivity index (χ4v) is 6.65. The Morgan fingerprint density at radius 3 is 2.50 bits per heavy atom. The topological polar surface area (TPSA) is 101 Å². The number of carboxylic acid groups (broad SMARTS) is 1. The van der Waals surface area contributed by atoms with Crippen LogP contribution in [0.1, 0.15) is 38.5 Å². The molecule has 2 saturated heterocycles. The zero-order valence-corrected chi connectivity index (χ0v) is 13.3. The number of esters is 1. The fraction of sp³-hybridized carbons (Fsp3) is 0.857. The Hall–Kier alpha value is -1.15. The summed E-state index contributed by atoms with van der Waals surface area (Å²) < 4.78 is 31.6. The molecule has 0 aromatic rings. The van der Waals surface area contributed by atoms with Crippen LogP contribution in [0.5, 0.6) is 0 Å². The highest BCUT2D eigenvalue weighted by Gasteiger charge is 2.57. The van der Waals surface area contributed by atoms with Gasteiger partial charge in [-0.3, -0.25) is 9.59 Å². The largest absolute Gasteiger partial charge is 0.481 e. The molecule has 3 unspecified atom stereocenters. The predicted molar refractivity (Wildman–Crippen MR) is 76.5 cm³/mol. The van der Waals surface area contributed by atoms with E-state index >= 15 is 0 Å². The lowest BCUT2D eigenvalue weighted by Crippen LogP contribution is -2.41. The van der Waals surface area contributed by atoms with E-state index in [9.17, 15) is 23.1 Å². The normalized spacial score (nSPS) is 32.9. The number of hydrogen-bond acceptors (Lipinski definition) is 5. The van der Waals surface area contributed by atoms with Crippen LogP contribution in [0, 0.1) is 11.3 Å². The molecular formula is C14H21NO6S. The van der Waals surface area contributed by atoms with Crippen LogP contribution >= 0.6 is 0 Å². The first-order valence-corrected chi connectivity index (χ1v) is 9.20. The molecule has 1 saturated carbocycles. The smallest absolute Gasteiger partial charge is 0.308 e. The SMILES string of the molecule is COC(=O)CC1(CS(=O)(=O)N2C3CCC2C(C(=O)O)C3)CC1. The van der Waals surface area contributed by atoms with Gasteiger partial charge >= 0.3 is 11.9 Å². The van der Waals surface area contributed by atoms with Gasteiger partial charge in [-0.05, 0) is 37.5 Å². The van der Waals surface area contributed by atoms with Crippen molar-refractivity contribution < 1.29 is 27.9 Å². The second-order valence-corrected chi connectivity index (χ2v) is 8.69. The summed E-state index contributed by atoms with van der Waals surface area (Å²) >= 11 is 0. The zero-order valence-electron chi connectivity index (χ0n) is 12.5. The monoisotopic (exact) mass is 331 g/mol. The van der Waals surface area contributed by atoms with E-state index in [2.05, 4.69) is 4.74 Å². The van der Waals surface area contributed by atoms with Crippen molar-refractivity contribution in [3.63, 3.8) is 0 Å². The van der Waals surface area contributed by atoms with E-state index in [1.807, 2.05) is 0 Å². The van der Waals surface area contributed by atoms with Gasteiger partial charge in [0.25, 0.3) is 0 Å². The highest BCUT2D eigenvalue weighted by atomic mass is 32.2. The molecule has 3 atom stereocenters. The lowest BCUT2D eigenvalue weighted by atomic mass is 9.89. The number of methoxy groups -OCH3 is 1. The molecule has 0 spiro atoms. The van der Waals surface area contributed by atoms with Crippen LogP contribution in [0.25, 0.3) is 0 Å². The second kappa shape index (κ2) is 5.19. The number of carbonyl (C=O) groups is 2. The maximum absolute atomic E-state index is 12.8. The van der Waals surface area contributed by atoms with Crippen LogP contribution < -0.4 is 0 Å². The molecule has 8 heteroatoms. The maximum atomic E-state index is 12.8. The highest BCUT2D eigenvalue weighted by molar-refractivity contribution is 7.89. The minimum absolute atomic E-state index is 0.0750. The molecular weight excluding hydrogens is 310 g/mol. The van der Waals surface area contributed by atoms with Crippen LogP contribution in [-0.2, 0) is 24.3 Å². The van der Waals surface area contributed by atoms with Crippen molar-refractivity contribution >= 4 is 22.0 Å². The number of rotatable bonds is 6. The van der Waals surface area contributed by atoms with Crippen molar-refractivity contribution in [2.75, 3.05) is 12.9 Å². The standard InChI is InChI=1S/C14H21NO6S/c1-21-12(16)7-14(4-5-14)8-22(19,20)15-9-2-3-11(15)10(6-9)13(17)18/h9-11H,2-8H2,1H3,(H,17,18). The molecule has 0 radical (unpaired) electrons. The third-order valence-electron chi connectivity index (χ3n) is 5.30.